The van der Waals surface area contributed by atoms with E-state index >= 15 is 0 Å². The van der Waals surface area contributed by atoms with Crippen LogP contribution in [0.5, 0.6) is 0 Å². The van der Waals surface area contributed by atoms with Crippen LogP contribution in [0.2, 0.25) is 0 Å². The molecule has 4 aliphatic carbocycles. The zero-order valence-electron chi connectivity index (χ0n) is 18.4. The Bertz CT molecular complexity index is 778. The number of hydrogen-bond acceptors (Lipinski definition) is 3. The van der Waals surface area contributed by atoms with Gasteiger partial charge in [0, 0.05) is 11.5 Å². The van der Waals surface area contributed by atoms with E-state index in [-0.39, 0.29) is 28.8 Å². The molecule has 160 valence electrons. The van der Waals surface area contributed by atoms with Gasteiger partial charge in [0.1, 0.15) is 6.10 Å². The van der Waals surface area contributed by atoms with Gasteiger partial charge in [0.25, 0.3) is 0 Å². The fourth-order valence-electron chi connectivity index (χ4n) is 8.17. The van der Waals surface area contributed by atoms with Crippen LogP contribution in [0.1, 0.15) is 79.1 Å². The van der Waals surface area contributed by atoms with Gasteiger partial charge in [-0.05, 0) is 94.5 Å². The van der Waals surface area contributed by atoms with E-state index in [0.29, 0.717) is 11.8 Å². The first-order valence-electron chi connectivity index (χ1n) is 11.3. The number of hydrogen-bond donors (Lipinski definition) is 1. The van der Waals surface area contributed by atoms with E-state index < -0.39 is 11.4 Å². The number of aliphatic carboxylic acids is 1. The highest BCUT2D eigenvalue weighted by molar-refractivity contribution is 5.83. The number of carbonyl (C=O) groups is 2. The molecule has 0 amide bonds. The minimum Gasteiger partial charge on any atom is -0.481 e. The van der Waals surface area contributed by atoms with Crippen LogP contribution in [0.15, 0.2) is 23.8 Å². The van der Waals surface area contributed by atoms with E-state index in [1.54, 1.807) is 6.08 Å². The van der Waals surface area contributed by atoms with Gasteiger partial charge in [-0.25, -0.2) is 4.79 Å². The summed E-state index contributed by atoms with van der Waals surface area (Å²) < 4.78 is 6.10. The lowest BCUT2D eigenvalue weighted by Crippen LogP contribution is -2.60. The average Bonchev–Trinajstić information content (AvgIpc) is 2.81. The van der Waals surface area contributed by atoms with E-state index in [4.69, 9.17) is 4.74 Å². The normalized spacial score (nSPS) is 45.7. The molecule has 0 saturated heterocycles. The molecule has 0 radical (unpaired) electrons. The van der Waals surface area contributed by atoms with E-state index in [2.05, 4.69) is 13.5 Å². The van der Waals surface area contributed by atoms with Crippen LogP contribution in [0.3, 0.4) is 0 Å². The molecular formula is C25H36O4. The average molecular weight is 401 g/mol. The minimum absolute atomic E-state index is 0.0135. The van der Waals surface area contributed by atoms with E-state index in [1.165, 1.54) is 0 Å². The lowest BCUT2D eigenvalue weighted by molar-refractivity contribution is -0.195. The van der Waals surface area contributed by atoms with E-state index in [1.807, 2.05) is 20.8 Å². The van der Waals surface area contributed by atoms with E-state index in [9.17, 15) is 14.7 Å². The number of esters is 1. The SMILES string of the molecule is C=C1[C@@H]2CC[C@H]3[C@]4(C)CCC[C@@](C)(C(=O)O)[C@H]4CC[C@]3(C2)[C@@H]1OC(=O)C=C(C)C. The third-order valence-corrected chi connectivity index (χ3v) is 9.31. The molecule has 2 bridgehead atoms. The Hall–Kier alpha value is -1.58. The minimum atomic E-state index is -0.644. The molecule has 0 heterocycles. The lowest BCUT2D eigenvalue weighted by atomic mass is 9.40. The van der Waals surface area contributed by atoms with Crippen LogP contribution in [0, 0.1) is 34.0 Å². The van der Waals surface area contributed by atoms with Crippen LogP contribution in [0.4, 0.5) is 0 Å². The van der Waals surface area contributed by atoms with Gasteiger partial charge in [-0.3, -0.25) is 4.79 Å². The van der Waals surface area contributed by atoms with Gasteiger partial charge in [-0.15, -0.1) is 0 Å². The van der Waals surface area contributed by atoms with Crippen molar-refractivity contribution < 1.29 is 19.4 Å². The van der Waals surface area contributed by atoms with Crippen molar-refractivity contribution in [2.45, 2.75) is 85.2 Å². The second-order valence-corrected chi connectivity index (χ2v) is 11.1. The maximum absolute atomic E-state index is 12.6. The molecule has 4 heteroatoms. The predicted octanol–water partition coefficient (Wildman–Crippen LogP) is 5.53. The van der Waals surface area contributed by atoms with Gasteiger partial charge in [0.05, 0.1) is 5.41 Å². The topological polar surface area (TPSA) is 63.6 Å². The molecule has 7 atom stereocenters. The zero-order valence-corrected chi connectivity index (χ0v) is 18.4. The van der Waals surface area contributed by atoms with Crippen LogP contribution in [-0.4, -0.2) is 23.1 Å². The van der Waals surface area contributed by atoms with Gasteiger partial charge in [0.15, 0.2) is 0 Å². The molecule has 4 nitrogen and oxygen atoms in total. The quantitative estimate of drug-likeness (QED) is 0.384. The fourth-order valence-corrected chi connectivity index (χ4v) is 8.17. The predicted molar refractivity (Wildman–Crippen MR) is 112 cm³/mol. The first-order valence-corrected chi connectivity index (χ1v) is 11.3. The second kappa shape index (κ2) is 6.72. The summed E-state index contributed by atoms with van der Waals surface area (Å²) >= 11 is 0. The van der Waals surface area contributed by atoms with Crippen molar-refractivity contribution in [2.75, 3.05) is 0 Å². The highest BCUT2D eigenvalue weighted by Crippen LogP contribution is 2.72. The Morgan fingerprint density at radius 3 is 2.48 bits per heavy atom. The summed E-state index contributed by atoms with van der Waals surface area (Å²) in [5, 5.41) is 10.1. The van der Waals surface area contributed by atoms with Crippen LogP contribution >= 0.6 is 0 Å². The molecule has 4 fully saturated rings. The molecule has 1 spiro atoms. The number of carboxylic acids is 1. The Morgan fingerprint density at radius 2 is 1.83 bits per heavy atom. The number of allylic oxidation sites excluding steroid dienone is 1. The van der Waals surface area contributed by atoms with Crippen molar-refractivity contribution in [3.05, 3.63) is 23.8 Å². The first kappa shape index (κ1) is 20.7. The van der Waals surface area contributed by atoms with Gasteiger partial charge in [0.2, 0.25) is 0 Å². The Labute approximate surface area is 174 Å². The molecule has 4 rings (SSSR count). The van der Waals surface area contributed by atoms with Crippen molar-refractivity contribution in [2.24, 2.45) is 34.0 Å². The lowest BCUT2D eigenvalue weighted by Gasteiger charge is -2.63. The van der Waals surface area contributed by atoms with Crippen LogP contribution in [-0.2, 0) is 14.3 Å². The molecule has 0 aromatic rings. The molecule has 0 aromatic carbocycles. The van der Waals surface area contributed by atoms with Crippen molar-refractivity contribution >= 4 is 11.9 Å². The summed E-state index contributed by atoms with van der Waals surface area (Å²) in [5.74, 6) is 0.123. The number of ether oxygens (including phenoxy) is 1. The Kier molecular flexibility index (Phi) is 4.79. The summed E-state index contributed by atoms with van der Waals surface area (Å²) in [7, 11) is 0. The highest BCUT2D eigenvalue weighted by atomic mass is 16.5. The van der Waals surface area contributed by atoms with E-state index in [0.717, 1.165) is 62.5 Å². The summed E-state index contributed by atoms with van der Waals surface area (Å²) in [6.45, 7) is 12.5. The Balaban J connectivity index is 1.72. The molecule has 0 unspecified atom stereocenters. The smallest absolute Gasteiger partial charge is 0.331 e. The van der Waals surface area contributed by atoms with Crippen molar-refractivity contribution in [3.63, 3.8) is 0 Å². The van der Waals surface area contributed by atoms with Gasteiger partial charge >= 0.3 is 11.9 Å². The maximum atomic E-state index is 12.6. The molecule has 0 aromatic heterocycles. The monoisotopic (exact) mass is 400 g/mol. The molecule has 1 N–H and O–H groups in total. The largest absolute Gasteiger partial charge is 0.481 e. The summed E-state index contributed by atoms with van der Waals surface area (Å²) in [5.41, 5.74) is 1.32. The third-order valence-electron chi connectivity index (χ3n) is 9.31. The summed E-state index contributed by atoms with van der Waals surface area (Å²) in [6, 6.07) is 0. The maximum Gasteiger partial charge on any atom is 0.331 e. The van der Waals surface area contributed by atoms with Crippen LogP contribution < -0.4 is 0 Å². The number of carboxylic acid groups (broad SMARTS) is 1. The molecule has 4 saturated carbocycles. The first-order chi connectivity index (χ1) is 13.5. The number of fused-ring (bicyclic) bond motifs is 3. The van der Waals surface area contributed by atoms with Crippen molar-refractivity contribution in [1.82, 2.24) is 0 Å². The van der Waals surface area contributed by atoms with Crippen molar-refractivity contribution in [3.8, 4) is 0 Å². The number of carbonyl (C=O) groups excluding carboxylic acids is 1. The molecular weight excluding hydrogens is 364 g/mol. The highest BCUT2D eigenvalue weighted by Gasteiger charge is 2.68. The van der Waals surface area contributed by atoms with Gasteiger partial charge < -0.3 is 9.84 Å². The van der Waals surface area contributed by atoms with Crippen LogP contribution in [0.25, 0.3) is 0 Å². The molecule has 29 heavy (non-hydrogen) atoms. The third kappa shape index (κ3) is 2.84. The fraction of sp³-hybridized carbons (Fsp3) is 0.760. The summed E-state index contributed by atoms with van der Waals surface area (Å²) in [6.07, 6.45) is 9.28. The zero-order chi connectivity index (χ0) is 21.2. The molecule has 4 aliphatic rings. The summed E-state index contributed by atoms with van der Waals surface area (Å²) in [4.78, 5) is 24.8. The van der Waals surface area contributed by atoms with Crippen molar-refractivity contribution in [1.29, 1.82) is 0 Å². The second-order valence-electron chi connectivity index (χ2n) is 11.1. The molecule has 0 aliphatic heterocycles. The Morgan fingerprint density at radius 1 is 1.10 bits per heavy atom. The number of rotatable bonds is 3. The van der Waals surface area contributed by atoms with Gasteiger partial charge in [-0.1, -0.05) is 25.5 Å². The van der Waals surface area contributed by atoms with Gasteiger partial charge in [-0.2, -0.15) is 0 Å². The standard InChI is InChI=1S/C25H36O4/c1-15(2)13-20(26)29-21-16(3)17-7-8-19-23(4)10-6-11-24(5,22(27)28)18(23)9-12-25(19,21)14-17/h13,17-19,21H,3,6-12,14H2,1-2,4-5H3,(H,27,28)/t17-,18+,19+,21-,23-,24-,25-/m1/s1.